The van der Waals surface area contributed by atoms with Gasteiger partial charge in [-0.05, 0) is 40.0 Å². The number of amides is 1. The van der Waals surface area contributed by atoms with Crippen LogP contribution in [0.5, 0.6) is 0 Å². The Kier molecular flexibility index (Phi) is 3.90. The second kappa shape index (κ2) is 5.62. The zero-order valence-electron chi connectivity index (χ0n) is 14.0. The Morgan fingerprint density at radius 2 is 1.87 bits per heavy atom. The van der Waals surface area contributed by atoms with E-state index in [0.717, 1.165) is 12.8 Å². The van der Waals surface area contributed by atoms with Crippen molar-refractivity contribution >= 4 is 11.9 Å². The lowest BCUT2D eigenvalue weighted by Crippen LogP contribution is -2.44. The van der Waals surface area contributed by atoms with Gasteiger partial charge in [-0.1, -0.05) is 0 Å². The van der Waals surface area contributed by atoms with E-state index in [9.17, 15) is 9.59 Å². The minimum atomic E-state index is -0.510. The van der Waals surface area contributed by atoms with Crippen LogP contribution in [-0.4, -0.2) is 33.7 Å². The molecule has 0 aromatic carbocycles. The molecule has 2 fully saturated rings. The first-order chi connectivity index (χ1) is 10.7. The zero-order valence-corrected chi connectivity index (χ0v) is 14.0. The monoisotopic (exact) mass is 321 g/mol. The lowest BCUT2D eigenvalue weighted by Gasteiger charge is -2.33. The molecule has 0 bridgehead atoms. The van der Waals surface area contributed by atoms with Gasteiger partial charge in [0, 0.05) is 18.9 Å². The maximum absolute atomic E-state index is 12.2. The quantitative estimate of drug-likeness (QED) is 0.849. The Morgan fingerprint density at radius 3 is 2.43 bits per heavy atom. The van der Waals surface area contributed by atoms with Crippen molar-refractivity contribution in [2.45, 2.75) is 64.5 Å². The number of ether oxygens (including phenoxy) is 1. The van der Waals surface area contributed by atoms with Crippen molar-refractivity contribution in [3.05, 3.63) is 11.8 Å². The molecule has 0 unspecified atom stereocenters. The lowest BCUT2D eigenvalue weighted by molar-refractivity contribution is -0.157. The van der Waals surface area contributed by atoms with E-state index in [0.29, 0.717) is 18.2 Å². The molecule has 1 amide bonds. The van der Waals surface area contributed by atoms with E-state index >= 15 is 0 Å². The summed E-state index contributed by atoms with van der Waals surface area (Å²) in [6.45, 7) is 7.25. The van der Waals surface area contributed by atoms with Crippen LogP contribution in [0.15, 0.2) is 4.42 Å². The Balaban J connectivity index is 1.41. The van der Waals surface area contributed by atoms with Crippen molar-refractivity contribution in [2.75, 3.05) is 0 Å². The highest BCUT2D eigenvalue weighted by Gasteiger charge is 2.51. The fourth-order valence-corrected chi connectivity index (χ4v) is 2.85. The van der Waals surface area contributed by atoms with Crippen LogP contribution in [0.25, 0.3) is 0 Å². The van der Waals surface area contributed by atoms with Gasteiger partial charge in [-0.3, -0.25) is 9.59 Å². The Hall–Kier alpha value is -1.92. The summed E-state index contributed by atoms with van der Waals surface area (Å²) >= 11 is 0. The molecule has 126 valence electrons. The summed E-state index contributed by atoms with van der Waals surface area (Å²) < 4.78 is 10.7. The fourth-order valence-electron chi connectivity index (χ4n) is 2.85. The van der Waals surface area contributed by atoms with Crippen LogP contribution >= 0.6 is 0 Å². The smallest absolute Gasteiger partial charge is 0.310 e. The maximum atomic E-state index is 12.2. The van der Waals surface area contributed by atoms with E-state index in [2.05, 4.69) is 15.5 Å². The summed E-state index contributed by atoms with van der Waals surface area (Å²) in [6, 6.07) is 0.125. The summed E-state index contributed by atoms with van der Waals surface area (Å²) in [5.74, 6) is 0.578. The molecule has 2 saturated carbocycles. The van der Waals surface area contributed by atoms with E-state index < -0.39 is 5.60 Å². The summed E-state index contributed by atoms with van der Waals surface area (Å²) in [7, 11) is 0. The third-order valence-electron chi connectivity index (χ3n) is 4.21. The summed E-state index contributed by atoms with van der Waals surface area (Å²) in [5, 5.41) is 10.8. The number of rotatable bonds is 4. The molecule has 7 nitrogen and oxygen atoms in total. The van der Waals surface area contributed by atoms with Gasteiger partial charge in [0.1, 0.15) is 5.60 Å². The van der Waals surface area contributed by atoms with Gasteiger partial charge in [0.2, 0.25) is 17.7 Å². The summed E-state index contributed by atoms with van der Waals surface area (Å²) in [5.41, 5.74) is -0.510. The van der Waals surface area contributed by atoms with Crippen LogP contribution in [-0.2, 0) is 14.3 Å². The third-order valence-corrected chi connectivity index (χ3v) is 4.21. The first kappa shape index (κ1) is 16.0. The minimum Gasteiger partial charge on any atom is -0.460 e. The van der Waals surface area contributed by atoms with Crippen LogP contribution in [0.1, 0.15) is 57.7 Å². The van der Waals surface area contributed by atoms with E-state index in [1.54, 1.807) is 6.92 Å². The van der Waals surface area contributed by atoms with Crippen LogP contribution in [0.2, 0.25) is 0 Å². The van der Waals surface area contributed by atoms with Crippen molar-refractivity contribution in [1.82, 2.24) is 15.5 Å². The predicted octanol–water partition coefficient (Wildman–Crippen LogP) is 1.72. The van der Waals surface area contributed by atoms with Gasteiger partial charge in [0.25, 0.3) is 0 Å². The van der Waals surface area contributed by atoms with Crippen molar-refractivity contribution in [2.24, 2.45) is 11.8 Å². The average molecular weight is 321 g/mol. The molecule has 1 aromatic heterocycles. The van der Waals surface area contributed by atoms with Gasteiger partial charge in [0.05, 0.1) is 11.8 Å². The number of nitrogens with one attached hydrogen (secondary N) is 1. The molecular formula is C16H23N3O4. The van der Waals surface area contributed by atoms with Gasteiger partial charge in [-0.2, -0.15) is 0 Å². The zero-order chi connectivity index (χ0) is 16.8. The van der Waals surface area contributed by atoms with E-state index in [4.69, 9.17) is 9.15 Å². The van der Waals surface area contributed by atoms with Crippen LogP contribution in [0.4, 0.5) is 0 Å². The molecular weight excluding hydrogens is 298 g/mol. The first-order valence-electron chi connectivity index (χ1n) is 8.06. The highest BCUT2D eigenvalue weighted by Crippen LogP contribution is 2.42. The van der Waals surface area contributed by atoms with Crippen LogP contribution in [0.3, 0.4) is 0 Å². The van der Waals surface area contributed by atoms with Crippen molar-refractivity contribution < 1.29 is 18.7 Å². The van der Waals surface area contributed by atoms with Gasteiger partial charge in [-0.25, -0.2) is 0 Å². The van der Waals surface area contributed by atoms with Crippen molar-refractivity contribution in [3.63, 3.8) is 0 Å². The average Bonchev–Trinajstić information content (AvgIpc) is 3.08. The molecule has 2 aliphatic carbocycles. The Labute approximate surface area is 135 Å². The lowest BCUT2D eigenvalue weighted by atomic mass is 9.80. The molecule has 0 aliphatic heterocycles. The summed E-state index contributed by atoms with van der Waals surface area (Å²) in [6.07, 6.45) is 2.19. The number of hydrogen-bond acceptors (Lipinski definition) is 6. The number of carbonyl (C=O) groups excluding carboxylic acids is 2. The SMILES string of the molecule is Cc1nnc(C2CC(NC(=O)[C@@H]3C[C@H]3C(=O)OC(C)(C)C)C2)o1. The number of aryl methyl sites for hydroxylation is 1. The molecule has 0 spiro atoms. The number of nitrogens with zero attached hydrogens (tertiary/aromatic N) is 2. The molecule has 2 aliphatic rings. The fraction of sp³-hybridized carbons (Fsp3) is 0.750. The molecule has 1 N–H and O–H groups in total. The van der Waals surface area contributed by atoms with Crippen LogP contribution < -0.4 is 5.32 Å². The number of hydrogen-bond donors (Lipinski definition) is 1. The molecule has 0 radical (unpaired) electrons. The standard InChI is InChI=1S/C16H23N3O4/c1-8-18-19-14(22-8)9-5-10(6-9)17-13(20)11-7-12(11)15(21)23-16(2,3)4/h9-12H,5-7H2,1-4H3,(H,17,20)/t9?,10?,11-,12-/m1/s1. The predicted molar refractivity (Wildman–Crippen MR) is 80.4 cm³/mol. The first-order valence-corrected chi connectivity index (χ1v) is 8.06. The van der Waals surface area contributed by atoms with Gasteiger partial charge >= 0.3 is 5.97 Å². The number of aromatic nitrogens is 2. The van der Waals surface area contributed by atoms with Gasteiger partial charge in [-0.15, -0.1) is 10.2 Å². The topological polar surface area (TPSA) is 94.3 Å². The molecule has 1 aromatic rings. The number of carbonyl (C=O) groups is 2. The Bertz CT molecular complexity index is 613. The molecule has 1 heterocycles. The van der Waals surface area contributed by atoms with Crippen molar-refractivity contribution in [3.8, 4) is 0 Å². The molecule has 7 heteroatoms. The summed E-state index contributed by atoms with van der Waals surface area (Å²) in [4.78, 5) is 24.1. The molecule has 3 rings (SSSR count). The second-order valence-electron chi connectivity index (χ2n) is 7.52. The second-order valence-corrected chi connectivity index (χ2v) is 7.52. The molecule has 0 saturated heterocycles. The molecule has 2 atom stereocenters. The minimum absolute atomic E-state index is 0.0500. The van der Waals surface area contributed by atoms with Gasteiger partial charge < -0.3 is 14.5 Å². The third kappa shape index (κ3) is 3.71. The largest absolute Gasteiger partial charge is 0.460 e. The highest BCUT2D eigenvalue weighted by atomic mass is 16.6. The number of esters is 1. The van der Waals surface area contributed by atoms with E-state index in [-0.39, 0.29) is 35.7 Å². The maximum Gasteiger partial charge on any atom is 0.310 e. The Morgan fingerprint density at radius 1 is 1.17 bits per heavy atom. The van der Waals surface area contributed by atoms with E-state index in [1.165, 1.54) is 0 Å². The molecule has 23 heavy (non-hydrogen) atoms. The normalized spacial score (nSPS) is 29.6. The highest BCUT2D eigenvalue weighted by molar-refractivity contribution is 5.90. The van der Waals surface area contributed by atoms with Gasteiger partial charge in [0.15, 0.2) is 0 Å². The van der Waals surface area contributed by atoms with Crippen molar-refractivity contribution in [1.29, 1.82) is 0 Å². The van der Waals surface area contributed by atoms with Crippen LogP contribution in [0, 0.1) is 18.8 Å². The van der Waals surface area contributed by atoms with E-state index in [1.807, 2.05) is 20.8 Å².